The van der Waals surface area contributed by atoms with Gasteiger partial charge >= 0.3 is 5.92 Å². The maximum absolute atomic E-state index is 12.9. The third kappa shape index (κ3) is 3.23. The Hall–Kier alpha value is -1.56. The molecule has 16 heavy (non-hydrogen) atoms. The summed E-state index contributed by atoms with van der Waals surface area (Å²) in [5.41, 5.74) is 0. The minimum atomic E-state index is -4.87. The van der Waals surface area contributed by atoms with Crippen LogP contribution in [-0.2, 0) is 9.59 Å². The summed E-state index contributed by atoms with van der Waals surface area (Å²) in [6, 6.07) is 0. The summed E-state index contributed by atoms with van der Waals surface area (Å²) in [5.74, 6) is -9.23. The molecule has 0 saturated heterocycles. The number of isocyanates is 2. The van der Waals surface area contributed by atoms with E-state index in [1.165, 1.54) is 0 Å². The fourth-order valence-corrected chi connectivity index (χ4v) is 0.714. The van der Waals surface area contributed by atoms with Gasteiger partial charge in [-0.1, -0.05) is 0 Å². The lowest BCUT2D eigenvalue weighted by Gasteiger charge is -2.28. The Morgan fingerprint density at radius 1 is 1.19 bits per heavy atom. The van der Waals surface area contributed by atoms with Crippen LogP contribution in [-0.4, -0.2) is 48.3 Å². The molecule has 2 unspecified atom stereocenters. The summed E-state index contributed by atoms with van der Waals surface area (Å²) in [4.78, 5) is 23.9. The van der Waals surface area contributed by atoms with Crippen molar-refractivity contribution in [1.29, 1.82) is 0 Å². The Balaban J connectivity index is 4.85. The number of nitrogens with zero attached hydrogens (tertiary/aromatic N) is 2. The second-order valence-electron chi connectivity index (χ2n) is 2.69. The molecule has 0 saturated carbocycles. The Morgan fingerprint density at radius 3 is 2.12 bits per heavy atom. The molecule has 0 aliphatic carbocycles. The molecule has 0 spiro atoms. The zero-order valence-electron chi connectivity index (χ0n) is 7.66. The van der Waals surface area contributed by atoms with Crippen molar-refractivity contribution in [2.75, 3.05) is 13.1 Å². The number of hydrogen-bond donors (Lipinski definition) is 1. The largest absolute Gasteiger partial charge is 0.356 e. The lowest BCUT2D eigenvalue weighted by Crippen LogP contribution is -2.53. The average Bonchev–Trinajstić information content (AvgIpc) is 2.22. The first-order valence-corrected chi connectivity index (χ1v) is 3.80. The van der Waals surface area contributed by atoms with E-state index in [1.54, 1.807) is 0 Å². The molecule has 0 aliphatic heterocycles. The van der Waals surface area contributed by atoms with Crippen molar-refractivity contribution >= 4 is 12.2 Å². The number of aliphatic hydroxyl groups is 1. The summed E-state index contributed by atoms with van der Waals surface area (Å²) < 4.78 is 51.3. The van der Waals surface area contributed by atoms with Crippen LogP contribution in [0.2, 0.25) is 0 Å². The predicted octanol–water partition coefficient (Wildman–Crippen LogP) is 0.290. The predicted molar refractivity (Wildman–Crippen MR) is 41.9 cm³/mol. The van der Waals surface area contributed by atoms with Gasteiger partial charge in [-0.05, 0) is 0 Å². The molecule has 0 fully saturated rings. The van der Waals surface area contributed by atoms with Crippen molar-refractivity contribution in [2.24, 2.45) is 9.98 Å². The first-order valence-electron chi connectivity index (χ1n) is 3.80. The van der Waals surface area contributed by atoms with Crippen LogP contribution in [0.5, 0.6) is 0 Å². The van der Waals surface area contributed by atoms with E-state index in [0.717, 1.165) is 6.08 Å². The normalized spacial score (nSPS) is 16.6. The summed E-state index contributed by atoms with van der Waals surface area (Å²) in [5, 5.41) is 8.57. The van der Waals surface area contributed by atoms with Crippen LogP contribution in [0.15, 0.2) is 9.98 Å². The van der Waals surface area contributed by atoms with Gasteiger partial charge in [0.15, 0.2) is 6.17 Å². The van der Waals surface area contributed by atoms with E-state index in [-0.39, 0.29) is 0 Å². The van der Waals surface area contributed by atoms with E-state index in [0.29, 0.717) is 6.08 Å². The standard InChI is InChI=1S/C7H6F4N2O3/c8-5(1-12-3-14)7(10,11)6(9,16)2-13-4-15/h5,16H,1-2H2. The lowest BCUT2D eigenvalue weighted by atomic mass is 10.1. The van der Waals surface area contributed by atoms with Crippen LogP contribution in [0.4, 0.5) is 17.6 Å². The highest BCUT2D eigenvalue weighted by atomic mass is 19.3. The number of halogens is 4. The second kappa shape index (κ2) is 5.50. The van der Waals surface area contributed by atoms with Gasteiger partial charge in [-0.25, -0.2) is 23.4 Å². The quantitative estimate of drug-likeness (QED) is 0.413. The lowest BCUT2D eigenvalue weighted by molar-refractivity contribution is -0.268. The van der Waals surface area contributed by atoms with E-state index in [9.17, 15) is 27.2 Å². The zero-order valence-corrected chi connectivity index (χ0v) is 7.66. The van der Waals surface area contributed by atoms with Gasteiger partial charge in [0.2, 0.25) is 12.2 Å². The summed E-state index contributed by atoms with van der Waals surface area (Å²) >= 11 is 0. The summed E-state index contributed by atoms with van der Waals surface area (Å²) in [6.07, 6.45) is -1.76. The van der Waals surface area contributed by atoms with Gasteiger partial charge in [0.05, 0.1) is 6.54 Å². The van der Waals surface area contributed by atoms with Gasteiger partial charge in [0, 0.05) is 0 Å². The van der Waals surface area contributed by atoms with E-state index in [2.05, 4.69) is 9.98 Å². The number of carbonyl (C=O) groups excluding carboxylic acids is 2. The molecule has 0 aliphatic rings. The Labute approximate surface area is 86.5 Å². The Bertz CT molecular complexity index is 335. The van der Waals surface area contributed by atoms with E-state index in [4.69, 9.17) is 5.11 Å². The van der Waals surface area contributed by atoms with Crippen molar-refractivity contribution < 1.29 is 32.3 Å². The highest BCUT2D eigenvalue weighted by Crippen LogP contribution is 2.35. The van der Waals surface area contributed by atoms with Crippen molar-refractivity contribution in [3.05, 3.63) is 0 Å². The molecule has 0 radical (unpaired) electrons. The maximum Gasteiger partial charge on any atom is 0.339 e. The number of aliphatic imine (C=N–C) groups is 2. The van der Waals surface area contributed by atoms with E-state index < -0.39 is 31.0 Å². The fourth-order valence-electron chi connectivity index (χ4n) is 0.714. The minimum absolute atomic E-state index is 0.711. The van der Waals surface area contributed by atoms with Crippen molar-refractivity contribution in [1.82, 2.24) is 0 Å². The topological polar surface area (TPSA) is 79.1 Å². The Kier molecular flexibility index (Phi) is 4.97. The summed E-state index contributed by atoms with van der Waals surface area (Å²) in [7, 11) is 0. The number of rotatable bonds is 6. The van der Waals surface area contributed by atoms with Crippen LogP contribution in [0.25, 0.3) is 0 Å². The number of alkyl halides is 4. The maximum atomic E-state index is 12.9. The molecule has 0 amide bonds. The van der Waals surface area contributed by atoms with Gasteiger partial charge in [0.1, 0.15) is 6.54 Å². The smallest absolute Gasteiger partial charge is 0.339 e. The molecule has 0 rings (SSSR count). The fraction of sp³-hybridized carbons (Fsp3) is 0.714. The van der Waals surface area contributed by atoms with Crippen molar-refractivity contribution in [2.45, 2.75) is 17.9 Å². The van der Waals surface area contributed by atoms with Gasteiger partial charge in [-0.2, -0.15) is 13.8 Å². The van der Waals surface area contributed by atoms with E-state index in [1.807, 2.05) is 0 Å². The third-order valence-electron chi connectivity index (χ3n) is 1.57. The molecule has 0 heterocycles. The molecule has 90 valence electrons. The van der Waals surface area contributed by atoms with Gasteiger partial charge in [-0.3, -0.25) is 0 Å². The molecule has 1 N–H and O–H groups in total. The highest BCUT2D eigenvalue weighted by molar-refractivity contribution is 5.33. The van der Waals surface area contributed by atoms with Crippen LogP contribution in [0.3, 0.4) is 0 Å². The average molecular weight is 242 g/mol. The molecule has 0 bridgehead atoms. The summed E-state index contributed by atoms with van der Waals surface area (Å²) in [6.45, 7) is -3.04. The molecule has 0 aromatic heterocycles. The third-order valence-corrected chi connectivity index (χ3v) is 1.57. The molecular formula is C7H6F4N2O3. The minimum Gasteiger partial charge on any atom is -0.356 e. The van der Waals surface area contributed by atoms with Gasteiger partial charge in [-0.15, -0.1) is 0 Å². The zero-order chi connectivity index (χ0) is 12.8. The molecule has 9 heteroatoms. The van der Waals surface area contributed by atoms with Gasteiger partial charge in [0.25, 0.3) is 5.85 Å². The first kappa shape index (κ1) is 14.4. The van der Waals surface area contributed by atoms with E-state index >= 15 is 0 Å². The second-order valence-corrected chi connectivity index (χ2v) is 2.69. The van der Waals surface area contributed by atoms with Crippen molar-refractivity contribution in [3.63, 3.8) is 0 Å². The molecule has 0 aromatic rings. The Morgan fingerprint density at radius 2 is 1.69 bits per heavy atom. The van der Waals surface area contributed by atoms with Crippen molar-refractivity contribution in [3.8, 4) is 0 Å². The molecule has 0 aromatic carbocycles. The monoisotopic (exact) mass is 242 g/mol. The first-order chi connectivity index (χ1) is 7.29. The van der Waals surface area contributed by atoms with Crippen LogP contribution in [0.1, 0.15) is 0 Å². The number of hydrogen-bond acceptors (Lipinski definition) is 5. The molecule has 2 atom stereocenters. The highest BCUT2D eigenvalue weighted by Gasteiger charge is 2.59. The van der Waals surface area contributed by atoms with Crippen LogP contribution in [0, 0.1) is 0 Å². The van der Waals surface area contributed by atoms with Gasteiger partial charge < -0.3 is 5.11 Å². The molecular weight excluding hydrogens is 236 g/mol. The SMILES string of the molecule is O=C=NCC(F)C(F)(F)C(O)(F)CN=C=O. The van der Waals surface area contributed by atoms with Crippen LogP contribution >= 0.6 is 0 Å². The van der Waals surface area contributed by atoms with Crippen LogP contribution < -0.4 is 0 Å². The molecule has 5 nitrogen and oxygen atoms in total.